The van der Waals surface area contributed by atoms with Gasteiger partial charge in [0.15, 0.2) is 0 Å². The molecule has 2 nitrogen and oxygen atoms in total. The van der Waals surface area contributed by atoms with Crippen LogP contribution >= 0.6 is 0 Å². The summed E-state index contributed by atoms with van der Waals surface area (Å²) in [5.41, 5.74) is 0. The van der Waals surface area contributed by atoms with E-state index in [4.69, 9.17) is 0 Å². The molecular weight excluding hydrogens is 184 g/mol. The maximum atomic E-state index is 3.56. The molecule has 0 aromatic rings. The van der Waals surface area contributed by atoms with E-state index in [1.165, 1.54) is 12.8 Å². The molecule has 0 aliphatic carbocycles. The standard InChI is InChI=1S/C13H30N2/c1-10(2)9-14-12(5)7-8-13(6)15-11(3)4/h10-15H,7-9H2,1-6H3. The van der Waals surface area contributed by atoms with Crippen molar-refractivity contribution in [3.8, 4) is 0 Å². The third-order valence-electron chi connectivity index (χ3n) is 2.53. The van der Waals surface area contributed by atoms with Gasteiger partial charge in [-0.3, -0.25) is 0 Å². The van der Waals surface area contributed by atoms with Gasteiger partial charge >= 0.3 is 0 Å². The van der Waals surface area contributed by atoms with E-state index in [9.17, 15) is 0 Å². The number of hydrogen-bond donors (Lipinski definition) is 2. The second-order valence-corrected chi connectivity index (χ2v) is 5.50. The SMILES string of the molecule is CC(C)CNC(C)CCC(C)NC(C)C. The minimum Gasteiger partial charge on any atom is -0.314 e. The third-order valence-corrected chi connectivity index (χ3v) is 2.53. The molecule has 0 spiro atoms. The molecular formula is C13H30N2. The summed E-state index contributed by atoms with van der Waals surface area (Å²) in [4.78, 5) is 0. The number of hydrogen-bond acceptors (Lipinski definition) is 2. The average Bonchev–Trinajstić information content (AvgIpc) is 2.10. The van der Waals surface area contributed by atoms with E-state index in [1.807, 2.05) is 0 Å². The van der Waals surface area contributed by atoms with Gasteiger partial charge in [0.2, 0.25) is 0 Å². The summed E-state index contributed by atoms with van der Waals surface area (Å²) in [6.45, 7) is 14.6. The van der Waals surface area contributed by atoms with Crippen LogP contribution in [-0.4, -0.2) is 24.7 Å². The summed E-state index contributed by atoms with van der Waals surface area (Å²) in [6, 6.07) is 1.87. The molecule has 0 heterocycles. The minimum absolute atomic E-state index is 0.596. The first-order chi connectivity index (χ1) is 6.91. The van der Waals surface area contributed by atoms with E-state index in [0.29, 0.717) is 18.1 Å². The molecule has 2 N–H and O–H groups in total. The quantitative estimate of drug-likeness (QED) is 0.649. The van der Waals surface area contributed by atoms with Gasteiger partial charge in [0.25, 0.3) is 0 Å². The van der Waals surface area contributed by atoms with Crippen molar-refractivity contribution < 1.29 is 0 Å². The fourth-order valence-corrected chi connectivity index (χ4v) is 1.69. The van der Waals surface area contributed by atoms with Gasteiger partial charge in [-0.05, 0) is 39.2 Å². The summed E-state index contributed by atoms with van der Waals surface area (Å²) in [7, 11) is 0. The van der Waals surface area contributed by atoms with Crippen molar-refractivity contribution in [1.82, 2.24) is 10.6 Å². The molecule has 0 aromatic heterocycles. The topological polar surface area (TPSA) is 24.1 Å². The fraction of sp³-hybridized carbons (Fsp3) is 1.00. The Kier molecular flexibility index (Phi) is 8.07. The lowest BCUT2D eigenvalue weighted by molar-refractivity contribution is 0.403. The molecule has 0 aliphatic rings. The molecule has 0 aromatic carbocycles. The maximum absolute atomic E-state index is 3.56. The van der Waals surface area contributed by atoms with Gasteiger partial charge in [0.05, 0.1) is 0 Å². The summed E-state index contributed by atoms with van der Waals surface area (Å²) >= 11 is 0. The largest absolute Gasteiger partial charge is 0.314 e. The van der Waals surface area contributed by atoms with Crippen molar-refractivity contribution in [2.45, 2.75) is 72.5 Å². The van der Waals surface area contributed by atoms with Gasteiger partial charge in [-0.2, -0.15) is 0 Å². The van der Waals surface area contributed by atoms with Crippen LogP contribution < -0.4 is 10.6 Å². The van der Waals surface area contributed by atoms with Crippen LogP contribution in [0.15, 0.2) is 0 Å². The Balaban J connectivity index is 3.48. The molecule has 2 heteroatoms. The number of rotatable bonds is 8. The summed E-state index contributed by atoms with van der Waals surface area (Å²) in [5.74, 6) is 0.749. The van der Waals surface area contributed by atoms with Crippen molar-refractivity contribution in [1.29, 1.82) is 0 Å². The normalized spacial score (nSPS) is 16.0. The smallest absolute Gasteiger partial charge is 0.00416 e. The average molecular weight is 214 g/mol. The van der Waals surface area contributed by atoms with Crippen LogP contribution in [-0.2, 0) is 0 Å². The Labute approximate surface area is 96.2 Å². The first-order valence-electron chi connectivity index (χ1n) is 6.41. The van der Waals surface area contributed by atoms with Crippen LogP contribution in [0.1, 0.15) is 54.4 Å². The highest BCUT2D eigenvalue weighted by molar-refractivity contribution is 4.69. The Morgan fingerprint density at radius 3 is 1.80 bits per heavy atom. The minimum atomic E-state index is 0.596. The first-order valence-corrected chi connectivity index (χ1v) is 6.41. The number of nitrogens with one attached hydrogen (secondary N) is 2. The van der Waals surface area contributed by atoms with Crippen LogP contribution in [0.4, 0.5) is 0 Å². The van der Waals surface area contributed by atoms with E-state index < -0.39 is 0 Å². The lowest BCUT2D eigenvalue weighted by atomic mass is 10.1. The molecule has 0 fully saturated rings. The lowest BCUT2D eigenvalue weighted by Crippen LogP contribution is -2.35. The second kappa shape index (κ2) is 8.12. The van der Waals surface area contributed by atoms with E-state index in [1.54, 1.807) is 0 Å². The molecule has 0 rings (SSSR count). The molecule has 2 unspecified atom stereocenters. The highest BCUT2D eigenvalue weighted by Gasteiger charge is 2.07. The molecule has 0 radical (unpaired) electrons. The Morgan fingerprint density at radius 2 is 1.33 bits per heavy atom. The van der Waals surface area contributed by atoms with Crippen molar-refractivity contribution >= 4 is 0 Å². The van der Waals surface area contributed by atoms with Crippen LogP contribution in [0, 0.1) is 5.92 Å². The van der Waals surface area contributed by atoms with Crippen LogP contribution in [0.25, 0.3) is 0 Å². The van der Waals surface area contributed by atoms with Gasteiger partial charge in [0, 0.05) is 18.1 Å². The monoisotopic (exact) mass is 214 g/mol. The molecule has 0 aliphatic heterocycles. The van der Waals surface area contributed by atoms with Gasteiger partial charge in [-0.15, -0.1) is 0 Å². The van der Waals surface area contributed by atoms with Crippen molar-refractivity contribution in [2.75, 3.05) is 6.54 Å². The highest BCUT2D eigenvalue weighted by atomic mass is 14.9. The summed E-state index contributed by atoms with van der Waals surface area (Å²) in [6.07, 6.45) is 2.51. The van der Waals surface area contributed by atoms with Crippen molar-refractivity contribution in [2.24, 2.45) is 5.92 Å². The Hall–Kier alpha value is -0.0800. The van der Waals surface area contributed by atoms with E-state index in [-0.39, 0.29) is 0 Å². The molecule has 0 saturated carbocycles. The van der Waals surface area contributed by atoms with Gasteiger partial charge in [-0.25, -0.2) is 0 Å². The predicted octanol–water partition coefficient (Wildman–Crippen LogP) is 2.79. The summed E-state index contributed by atoms with van der Waals surface area (Å²) in [5, 5.41) is 7.10. The zero-order valence-corrected chi connectivity index (χ0v) is 11.4. The zero-order valence-electron chi connectivity index (χ0n) is 11.4. The van der Waals surface area contributed by atoms with Gasteiger partial charge in [0.1, 0.15) is 0 Å². The molecule has 0 amide bonds. The second-order valence-electron chi connectivity index (χ2n) is 5.50. The first kappa shape index (κ1) is 14.9. The molecule has 92 valence electrons. The van der Waals surface area contributed by atoms with Gasteiger partial charge in [-0.1, -0.05) is 27.7 Å². The van der Waals surface area contributed by atoms with Crippen LogP contribution in [0.3, 0.4) is 0 Å². The summed E-state index contributed by atoms with van der Waals surface area (Å²) < 4.78 is 0. The Morgan fingerprint density at radius 1 is 0.800 bits per heavy atom. The van der Waals surface area contributed by atoms with E-state index >= 15 is 0 Å². The maximum Gasteiger partial charge on any atom is 0.00416 e. The zero-order chi connectivity index (χ0) is 11.8. The molecule has 15 heavy (non-hydrogen) atoms. The lowest BCUT2D eigenvalue weighted by Gasteiger charge is -2.20. The third kappa shape index (κ3) is 10.2. The van der Waals surface area contributed by atoms with Crippen LogP contribution in [0.2, 0.25) is 0 Å². The van der Waals surface area contributed by atoms with Crippen LogP contribution in [0.5, 0.6) is 0 Å². The predicted molar refractivity (Wildman–Crippen MR) is 69.3 cm³/mol. The van der Waals surface area contributed by atoms with Crippen molar-refractivity contribution in [3.63, 3.8) is 0 Å². The van der Waals surface area contributed by atoms with E-state index in [2.05, 4.69) is 52.2 Å². The highest BCUT2D eigenvalue weighted by Crippen LogP contribution is 2.02. The molecule has 2 atom stereocenters. The van der Waals surface area contributed by atoms with Crippen molar-refractivity contribution in [3.05, 3.63) is 0 Å². The van der Waals surface area contributed by atoms with Gasteiger partial charge < -0.3 is 10.6 Å². The fourth-order valence-electron chi connectivity index (χ4n) is 1.69. The Bertz CT molecular complexity index is 143. The van der Waals surface area contributed by atoms with E-state index in [0.717, 1.165) is 12.5 Å². The molecule has 0 saturated heterocycles. The molecule has 0 bridgehead atoms.